The maximum Gasteiger partial charge on any atom is 0.104 e. The van der Waals surface area contributed by atoms with Gasteiger partial charge < -0.3 is 5.32 Å². The molecule has 0 aliphatic heterocycles. The van der Waals surface area contributed by atoms with Crippen LogP contribution < -0.4 is 5.32 Å². The molecule has 0 spiro atoms. The van der Waals surface area contributed by atoms with Gasteiger partial charge in [0.15, 0.2) is 0 Å². The number of nitrogens with one attached hydrogen (secondary N) is 1. The van der Waals surface area contributed by atoms with Crippen LogP contribution in [0.4, 0.5) is 0 Å². The second kappa shape index (κ2) is 6.29. The summed E-state index contributed by atoms with van der Waals surface area (Å²) in [5, 5.41) is 12.3. The van der Waals surface area contributed by atoms with Crippen molar-refractivity contribution in [1.29, 1.82) is 0 Å². The first-order valence-corrected chi connectivity index (χ1v) is 6.56. The number of hydrogen-bond acceptors (Lipinski definition) is 3. The maximum atomic E-state index is 4.55. The minimum atomic E-state index is 0.118. The van der Waals surface area contributed by atoms with Crippen molar-refractivity contribution in [3.63, 3.8) is 0 Å². The molecular formula is C15H20N4. The zero-order valence-electron chi connectivity index (χ0n) is 11.7. The summed E-state index contributed by atoms with van der Waals surface area (Å²) in [4.78, 5) is 1.67. The first kappa shape index (κ1) is 13.5. The van der Waals surface area contributed by atoms with Gasteiger partial charge in [0.05, 0.1) is 17.9 Å². The lowest BCUT2D eigenvalue weighted by molar-refractivity contribution is 0.617. The van der Waals surface area contributed by atoms with Crippen LogP contribution in [0, 0.1) is 0 Å². The van der Waals surface area contributed by atoms with E-state index in [1.54, 1.807) is 4.80 Å². The van der Waals surface area contributed by atoms with Gasteiger partial charge in [-0.25, -0.2) is 0 Å². The molecular weight excluding hydrogens is 236 g/mol. The molecule has 1 unspecified atom stereocenters. The van der Waals surface area contributed by atoms with Crippen LogP contribution in [0.1, 0.15) is 32.5 Å². The van der Waals surface area contributed by atoms with E-state index in [2.05, 4.69) is 42.4 Å². The molecule has 0 amide bonds. The van der Waals surface area contributed by atoms with E-state index in [1.165, 1.54) is 5.57 Å². The number of rotatable bonds is 5. The molecule has 0 saturated heterocycles. The van der Waals surface area contributed by atoms with Crippen molar-refractivity contribution in [3.8, 4) is 5.69 Å². The summed E-state index contributed by atoms with van der Waals surface area (Å²) in [6.45, 7) is 7.16. The SMILES string of the molecule is CCNC(C=C(C)C)c1cnn(-c2ccccc2)n1. The molecule has 1 N–H and O–H groups in total. The Hall–Kier alpha value is -1.94. The van der Waals surface area contributed by atoms with Crippen molar-refractivity contribution < 1.29 is 0 Å². The van der Waals surface area contributed by atoms with E-state index in [9.17, 15) is 0 Å². The molecule has 2 rings (SSSR count). The van der Waals surface area contributed by atoms with Crippen LogP contribution in [-0.4, -0.2) is 21.5 Å². The Balaban J connectivity index is 2.26. The summed E-state index contributed by atoms with van der Waals surface area (Å²) in [6, 6.07) is 10.1. The van der Waals surface area contributed by atoms with Gasteiger partial charge >= 0.3 is 0 Å². The van der Waals surface area contributed by atoms with E-state index < -0.39 is 0 Å². The van der Waals surface area contributed by atoms with E-state index in [0.717, 1.165) is 17.9 Å². The second-order valence-electron chi connectivity index (χ2n) is 4.67. The summed E-state index contributed by atoms with van der Waals surface area (Å²) in [5.74, 6) is 0. The number of nitrogens with zero attached hydrogens (tertiary/aromatic N) is 3. The fourth-order valence-electron chi connectivity index (χ4n) is 1.91. The monoisotopic (exact) mass is 256 g/mol. The molecule has 100 valence electrons. The van der Waals surface area contributed by atoms with Crippen molar-refractivity contribution >= 4 is 0 Å². The molecule has 19 heavy (non-hydrogen) atoms. The van der Waals surface area contributed by atoms with E-state index in [0.29, 0.717) is 0 Å². The van der Waals surface area contributed by atoms with E-state index >= 15 is 0 Å². The molecule has 4 nitrogen and oxygen atoms in total. The van der Waals surface area contributed by atoms with Crippen LogP contribution >= 0.6 is 0 Å². The van der Waals surface area contributed by atoms with E-state index in [4.69, 9.17) is 0 Å². The third kappa shape index (κ3) is 3.51. The highest BCUT2D eigenvalue weighted by atomic mass is 15.5. The minimum absolute atomic E-state index is 0.118. The van der Waals surface area contributed by atoms with Crippen molar-refractivity contribution in [2.75, 3.05) is 6.54 Å². The summed E-state index contributed by atoms with van der Waals surface area (Å²) in [7, 11) is 0. The number of hydrogen-bond donors (Lipinski definition) is 1. The van der Waals surface area contributed by atoms with Crippen LogP contribution in [0.2, 0.25) is 0 Å². The Kier molecular flexibility index (Phi) is 4.47. The fourth-order valence-corrected chi connectivity index (χ4v) is 1.91. The predicted molar refractivity (Wildman–Crippen MR) is 77.2 cm³/mol. The van der Waals surface area contributed by atoms with Crippen LogP contribution in [0.5, 0.6) is 0 Å². The first-order chi connectivity index (χ1) is 9.20. The standard InChI is InChI=1S/C15H20N4/c1-4-16-14(10-12(2)3)15-11-17-19(18-15)13-8-6-5-7-9-13/h5-11,14,16H,4H2,1-3H3. The summed E-state index contributed by atoms with van der Waals surface area (Å²) in [5.41, 5.74) is 3.17. The van der Waals surface area contributed by atoms with Gasteiger partial charge in [-0.15, -0.1) is 0 Å². The predicted octanol–water partition coefficient (Wildman–Crippen LogP) is 2.88. The van der Waals surface area contributed by atoms with Crippen LogP contribution in [0.25, 0.3) is 5.69 Å². The number of likely N-dealkylation sites (N-methyl/N-ethyl adjacent to an activating group) is 1. The number of benzene rings is 1. The lowest BCUT2D eigenvalue weighted by Gasteiger charge is -2.11. The van der Waals surface area contributed by atoms with Gasteiger partial charge in [-0.2, -0.15) is 15.0 Å². The third-order valence-electron chi connectivity index (χ3n) is 2.74. The molecule has 0 aliphatic rings. The zero-order chi connectivity index (χ0) is 13.7. The van der Waals surface area contributed by atoms with Gasteiger partial charge in [-0.05, 0) is 32.5 Å². The van der Waals surface area contributed by atoms with Gasteiger partial charge in [0.25, 0.3) is 0 Å². The molecule has 0 radical (unpaired) electrons. The third-order valence-corrected chi connectivity index (χ3v) is 2.74. The van der Waals surface area contributed by atoms with Crippen LogP contribution in [0.3, 0.4) is 0 Å². The fraction of sp³-hybridized carbons (Fsp3) is 0.333. The highest BCUT2D eigenvalue weighted by Crippen LogP contribution is 2.14. The van der Waals surface area contributed by atoms with Crippen LogP contribution in [-0.2, 0) is 0 Å². The molecule has 0 aliphatic carbocycles. The van der Waals surface area contributed by atoms with Gasteiger partial charge in [-0.3, -0.25) is 0 Å². The lowest BCUT2D eigenvalue weighted by atomic mass is 10.1. The smallest absolute Gasteiger partial charge is 0.104 e. The quantitative estimate of drug-likeness (QED) is 0.836. The largest absolute Gasteiger partial charge is 0.306 e. The number of aromatic nitrogens is 3. The molecule has 1 aromatic carbocycles. The molecule has 0 fully saturated rings. The zero-order valence-corrected chi connectivity index (χ0v) is 11.7. The van der Waals surface area contributed by atoms with Crippen LogP contribution in [0.15, 0.2) is 48.2 Å². The second-order valence-corrected chi connectivity index (χ2v) is 4.67. The Morgan fingerprint density at radius 1 is 1.32 bits per heavy atom. The lowest BCUT2D eigenvalue weighted by Crippen LogP contribution is -2.20. The van der Waals surface area contributed by atoms with Crippen molar-refractivity contribution in [3.05, 3.63) is 53.9 Å². The van der Waals surface area contributed by atoms with Gasteiger partial charge in [-0.1, -0.05) is 36.8 Å². The highest BCUT2D eigenvalue weighted by Gasteiger charge is 2.12. The Morgan fingerprint density at radius 2 is 2.05 bits per heavy atom. The first-order valence-electron chi connectivity index (χ1n) is 6.56. The molecule has 1 heterocycles. The maximum absolute atomic E-state index is 4.55. The van der Waals surface area contributed by atoms with Gasteiger partial charge in [0.2, 0.25) is 0 Å². The summed E-state index contributed by atoms with van der Waals surface area (Å²) >= 11 is 0. The molecule has 0 saturated carbocycles. The van der Waals surface area contributed by atoms with E-state index in [1.807, 2.05) is 36.5 Å². The number of allylic oxidation sites excluding steroid dienone is 1. The average molecular weight is 256 g/mol. The van der Waals surface area contributed by atoms with Crippen molar-refractivity contribution in [2.24, 2.45) is 0 Å². The molecule has 1 atom stereocenters. The summed E-state index contributed by atoms with van der Waals surface area (Å²) in [6.07, 6.45) is 3.99. The van der Waals surface area contributed by atoms with E-state index in [-0.39, 0.29) is 6.04 Å². The van der Waals surface area contributed by atoms with Gasteiger partial charge in [0.1, 0.15) is 5.69 Å². The summed E-state index contributed by atoms with van der Waals surface area (Å²) < 4.78 is 0. The average Bonchev–Trinajstić information content (AvgIpc) is 2.88. The topological polar surface area (TPSA) is 42.7 Å². The normalized spacial score (nSPS) is 12.2. The Labute approximate surface area is 114 Å². The van der Waals surface area contributed by atoms with Crippen molar-refractivity contribution in [2.45, 2.75) is 26.8 Å². The molecule has 1 aromatic heterocycles. The van der Waals surface area contributed by atoms with Crippen molar-refractivity contribution in [1.82, 2.24) is 20.3 Å². The minimum Gasteiger partial charge on any atom is -0.306 e. The number of para-hydroxylation sites is 1. The van der Waals surface area contributed by atoms with Gasteiger partial charge in [0, 0.05) is 0 Å². The Morgan fingerprint density at radius 3 is 2.68 bits per heavy atom. The molecule has 0 bridgehead atoms. The highest BCUT2D eigenvalue weighted by molar-refractivity contribution is 5.29. The molecule has 4 heteroatoms. The molecule has 2 aromatic rings. The Bertz CT molecular complexity index is 538.